The fourth-order valence-corrected chi connectivity index (χ4v) is 3.27. The molecular weight excluding hydrogens is 392 g/mol. The van der Waals surface area contributed by atoms with Crippen LogP contribution in [0.15, 0.2) is 57.9 Å². The molecule has 0 fully saturated rings. The third kappa shape index (κ3) is 5.39. The van der Waals surface area contributed by atoms with Gasteiger partial charge < -0.3 is 9.84 Å². The number of halogens is 1. The molecule has 24 heavy (non-hydrogen) atoms. The summed E-state index contributed by atoms with van der Waals surface area (Å²) in [7, 11) is 0. The molecule has 0 aliphatic rings. The molecule has 0 aliphatic carbocycles. The zero-order valence-corrected chi connectivity index (χ0v) is 15.5. The minimum Gasteiger partial charge on any atom is -0.494 e. The van der Waals surface area contributed by atoms with Crippen LogP contribution in [0.2, 0.25) is 0 Å². The molecule has 2 aromatic rings. The monoisotopic (exact) mass is 408 g/mol. The Bertz CT molecular complexity index is 698. The summed E-state index contributed by atoms with van der Waals surface area (Å²) in [5.41, 5.74) is 0.487. The molecule has 1 N–H and O–H groups in total. The van der Waals surface area contributed by atoms with E-state index >= 15 is 0 Å². The first-order valence-corrected chi connectivity index (χ1v) is 9.08. The number of rotatable bonds is 8. The number of carbonyl (C=O) groups is 2. The molecule has 126 valence electrons. The maximum Gasteiger partial charge on any atom is 0.317 e. The van der Waals surface area contributed by atoms with Gasteiger partial charge in [-0.3, -0.25) is 9.59 Å². The van der Waals surface area contributed by atoms with Crippen LogP contribution in [0.5, 0.6) is 5.75 Å². The molecule has 4 nitrogen and oxygen atoms in total. The molecule has 0 saturated heterocycles. The van der Waals surface area contributed by atoms with Crippen molar-refractivity contribution in [1.82, 2.24) is 0 Å². The Labute approximate surface area is 153 Å². The van der Waals surface area contributed by atoms with Crippen molar-refractivity contribution < 1.29 is 19.4 Å². The van der Waals surface area contributed by atoms with E-state index in [-0.39, 0.29) is 12.2 Å². The predicted octanol–water partition coefficient (Wildman–Crippen LogP) is 4.67. The van der Waals surface area contributed by atoms with E-state index in [0.29, 0.717) is 17.9 Å². The number of carboxylic acids is 1. The number of carboxylic acid groups (broad SMARTS) is 1. The molecule has 6 heteroatoms. The summed E-state index contributed by atoms with van der Waals surface area (Å²) >= 11 is 4.51. The van der Waals surface area contributed by atoms with Gasteiger partial charge in [0.15, 0.2) is 5.78 Å². The Kier molecular flexibility index (Phi) is 6.87. The molecule has 0 saturated carbocycles. The van der Waals surface area contributed by atoms with E-state index in [1.54, 1.807) is 24.3 Å². The first-order chi connectivity index (χ1) is 11.5. The maximum absolute atomic E-state index is 12.3. The third-order valence-electron chi connectivity index (χ3n) is 3.23. The average Bonchev–Trinajstić information content (AvgIpc) is 2.57. The minimum absolute atomic E-state index is 0.0654. The van der Waals surface area contributed by atoms with Gasteiger partial charge in [-0.05, 0) is 55.5 Å². The fraction of sp³-hybridized carbons (Fsp3) is 0.222. The second kappa shape index (κ2) is 8.89. The molecule has 1 atom stereocenters. The van der Waals surface area contributed by atoms with Crippen LogP contribution in [0, 0.1) is 0 Å². The number of aliphatic carboxylic acids is 1. The van der Waals surface area contributed by atoms with E-state index in [4.69, 9.17) is 4.74 Å². The molecule has 0 bridgehead atoms. The highest BCUT2D eigenvalue weighted by Crippen LogP contribution is 2.28. The minimum atomic E-state index is -0.998. The van der Waals surface area contributed by atoms with E-state index in [1.807, 2.05) is 31.2 Å². The summed E-state index contributed by atoms with van der Waals surface area (Å²) in [4.78, 5) is 24.6. The Morgan fingerprint density at radius 1 is 1.12 bits per heavy atom. The van der Waals surface area contributed by atoms with Crippen molar-refractivity contribution >= 4 is 39.4 Å². The maximum atomic E-state index is 12.3. The number of Topliss-reactive ketones (excluding diaryl/α,β-unsaturated/α-hetero) is 1. The van der Waals surface area contributed by atoms with Gasteiger partial charge in [0.25, 0.3) is 0 Å². The predicted molar refractivity (Wildman–Crippen MR) is 98.0 cm³/mol. The smallest absolute Gasteiger partial charge is 0.317 e. The van der Waals surface area contributed by atoms with E-state index in [0.717, 1.165) is 9.37 Å². The number of ketones is 1. The highest BCUT2D eigenvalue weighted by molar-refractivity contribution is 9.10. The van der Waals surface area contributed by atoms with Crippen molar-refractivity contribution in [3.63, 3.8) is 0 Å². The quantitative estimate of drug-likeness (QED) is 0.507. The molecule has 0 amide bonds. The highest BCUT2D eigenvalue weighted by atomic mass is 79.9. The van der Waals surface area contributed by atoms with Crippen molar-refractivity contribution in [2.45, 2.75) is 23.5 Å². The second-order valence-corrected chi connectivity index (χ2v) is 7.18. The van der Waals surface area contributed by atoms with Crippen molar-refractivity contribution in [2.24, 2.45) is 0 Å². The Morgan fingerprint density at radius 2 is 1.75 bits per heavy atom. The summed E-state index contributed by atoms with van der Waals surface area (Å²) in [6.45, 7) is 2.44. The van der Waals surface area contributed by atoms with Crippen LogP contribution in [-0.4, -0.2) is 28.7 Å². The lowest BCUT2D eigenvalue weighted by Crippen LogP contribution is -2.20. The van der Waals surface area contributed by atoms with Crippen LogP contribution in [0.1, 0.15) is 23.7 Å². The van der Waals surface area contributed by atoms with Crippen LogP contribution < -0.4 is 4.74 Å². The molecule has 2 aromatic carbocycles. The van der Waals surface area contributed by atoms with Crippen LogP contribution in [0.25, 0.3) is 0 Å². The zero-order chi connectivity index (χ0) is 17.5. The Morgan fingerprint density at radius 3 is 2.29 bits per heavy atom. The molecule has 0 heterocycles. The van der Waals surface area contributed by atoms with Crippen molar-refractivity contribution in [3.05, 3.63) is 58.6 Å². The van der Waals surface area contributed by atoms with Gasteiger partial charge in [-0.1, -0.05) is 15.9 Å². The zero-order valence-electron chi connectivity index (χ0n) is 13.1. The molecular formula is C18H17BrO4S. The van der Waals surface area contributed by atoms with Gasteiger partial charge in [-0.25, -0.2) is 0 Å². The number of ether oxygens (including phenoxy) is 1. The van der Waals surface area contributed by atoms with Gasteiger partial charge in [0, 0.05) is 21.4 Å². The van der Waals surface area contributed by atoms with Gasteiger partial charge in [0.05, 0.1) is 6.61 Å². The standard InChI is InChI=1S/C18H17BrO4S/c1-2-23-14-7-3-12(4-8-14)16(20)11-17(18(21)22)24-15-9-5-13(19)6-10-15/h3-10,17H,2,11H2,1H3,(H,21,22). The van der Waals surface area contributed by atoms with Crippen LogP contribution in [-0.2, 0) is 4.79 Å². The molecule has 0 aromatic heterocycles. The lowest BCUT2D eigenvalue weighted by Gasteiger charge is -2.12. The van der Waals surface area contributed by atoms with E-state index in [2.05, 4.69) is 15.9 Å². The SMILES string of the molecule is CCOc1ccc(C(=O)CC(Sc2ccc(Br)cc2)C(=O)O)cc1. The summed E-state index contributed by atoms with van der Waals surface area (Å²) in [5.74, 6) is -0.509. The summed E-state index contributed by atoms with van der Waals surface area (Å²) in [6.07, 6.45) is -0.0654. The second-order valence-electron chi connectivity index (χ2n) is 4.98. The molecule has 0 radical (unpaired) electrons. The number of benzene rings is 2. The summed E-state index contributed by atoms with van der Waals surface area (Å²) < 4.78 is 6.26. The first-order valence-electron chi connectivity index (χ1n) is 7.40. The van der Waals surface area contributed by atoms with Crippen molar-refractivity contribution in [1.29, 1.82) is 0 Å². The lowest BCUT2D eigenvalue weighted by atomic mass is 10.1. The van der Waals surface area contributed by atoms with Crippen molar-refractivity contribution in [3.8, 4) is 5.75 Å². The van der Waals surface area contributed by atoms with Crippen LogP contribution in [0.3, 0.4) is 0 Å². The Balaban J connectivity index is 2.05. The average molecular weight is 409 g/mol. The van der Waals surface area contributed by atoms with Crippen LogP contribution in [0.4, 0.5) is 0 Å². The normalized spacial score (nSPS) is 11.8. The van der Waals surface area contributed by atoms with Gasteiger partial charge in [0.2, 0.25) is 0 Å². The number of hydrogen-bond donors (Lipinski definition) is 1. The number of hydrogen-bond acceptors (Lipinski definition) is 4. The van der Waals surface area contributed by atoms with Gasteiger partial charge in [-0.15, -0.1) is 11.8 Å². The third-order valence-corrected chi connectivity index (χ3v) is 4.95. The fourth-order valence-electron chi connectivity index (χ4n) is 2.05. The van der Waals surface area contributed by atoms with Crippen molar-refractivity contribution in [2.75, 3.05) is 6.61 Å². The highest BCUT2D eigenvalue weighted by Gasteiger charge is 2.23. The molecule has 2 rings (SSSR count). The molecule has 1 unspecified atom stereocenters. The van der Waals surface area contributed by atoms with E-state index < -0.39 is 11.2 Å². The molecule has 0 spiro atoms. The van der Waals surface area contributed by atoms with Gasteiger partial charge >= 0.3 is 5.97 Å². The number of thioether (sulfide) groups is 1. The number of carbonyl (C=O) groups excluding carboxylic acids is 1. The molecule has 0 aliphatic heterocycles. The first kappa shape index (κ1) is 18.5. The van der Waals surface area contributed by atoms with E-state index in [1.165, 1.54) is 11.8 Å². The topological polar surface area (TPSA) is 63.6 Å². The van der Waals surface area contributed by atoms with Crippen LogP contribution >= 0.6 is 27.7 Å². The largest absolute Gasteiger partial charge is 0.494 e. The van der Waals surface area contributed by atoms with Gasteiger partial charge in [0.1, 0.15) is 11.0 Å². The lowest BCUT2D eigenvalue weighted by molar-refractivity contribution is -0.136. The summed E-state index contributed by atoms with van der Waals surface area (Å²) in [6, 6.07) is 14.1. The summed E-state index contributed by atoms with van der Waals surface area (Å²) in [5, 5.41) is 8.57. The van der Waals surface area contributed by atoms with Gasteiger partial charge in [-0.2, -0.15) is 0 Å². The Hall–Kier alpha value is -1.79. The van der Waals surface area contributed by atoms with E-state index in [9.17, 15) is 14.7 Å².